The van der Waals surface area contributed by atoms with E-state index in [1.165, 1.54) is 4.90 Å². The minimum Gasteiger partial charge on any atom is -0.350 e. The topological polar surface area (TPSA) is 41.1 Å². The van der Waals surface area contributed by atoms with Crippen LogP contribution in [0.1, 0.15) is 31.7 Å². The lowest BCUT2D eigenvalue weighted by molar-refractivity contribution is -0.127. The van der Waals surface area contributed by atoms with Crippen molar-refractivity contribution >= 4 is 17.7 Å². The van der Waals surface area contributed by atoms with Gasteiger partial charge in [0.25, 0.3) is 0 Å². The molecule has 2 rings (SSSR count). The van der Waals surface area contributed by atoms with Gasteiger partial charge in [-0.25, -0.2) is 0 Å². The van der Waals surface area contributed by atoms with Gasteiger partial charge in [0.05, 0.1) is 5.54 Å². The standard InChI is InChI=1S/C15H22N2OS/c1-3-15(9-4-10-17-15)14(18)16-11-12-5-7-13(19-2)8-6-12/h5-8,17H,3-4,9-11H2,1-2H3,(H,16,18)/t15-/m1/s1. The van der Waals surface area contributed by atoms with Crippen LogP contribution < -0.4 is 10.6 Å². The molecule has 1 amide bonds. The molecule has 1 fully saturated rings. The SMILES string of the molecule is CC[C@]1(C(=O)NCc2ccc(SC)cc2)CCCN1. The maximum Gasteiger partial charge on any atom is 0.240 e. The number of thioether (sulfide) groups is 1. The molecule has 1 aromatic carbocycles. The van der Waals surface area contributed by atoms with Gasteiger partial charge >= 0.3 is 0 Å². The molecule has 4 heteroatoms. The smallest absolute Gasteiger partial charge is 0.240 e. The molecule has 3 nitrogen and oxygen atoms in total. The summed E-state index contributed by atoms with van der Waals surface area (Å²) in [6.07, 6.45) is 4.95. The van der Waals surface area contributed by atoms with Gasteiger partial charge in [0, 0.05) is 11.4 Å². The molecular weight excluding hydrogens is 256 g/mol. The number of amides is 1. The highest BCUT2D eigenvalue weighted by Gasteiger charge is 2.38. The maximum atomic E-state index is 12.3. The Labute approximate surface area is 119 Å². The van der Waals surface area contributed by atoms with Gasteiger partial charge in [0.2, 0.25) is 5.91 Å². The van der Waals surface area contributed by atoms with Crippen molar-refractivity contribution in [1.29, 1.82) is 0 Å². The molecule has 1 aliphatic rings. The summed E-state index contributed by atoms with van der Waals surface area (Å²) in [7, 11) is 0. The summed E-state index contributed by atoms with van der Waals surface area (Å²) in [5.41, 5.74) is 0.814. The molecule has 1 aliphatic heterocycles. The fourth-order valence-electron chi connectivity index (χ4n) is 2.56. The Hall–Kier alpha value is -1.00. The van der Waals surface area contributed by atoms with Gasteiger partial charge in [0.1, 0.15) is 0 Å². The second-order valence-corrected chi connectivity index (χ2v) is 5.88. The Morgan fingerprint density at radius 3 is 2.68 bits per heavy atom. The average Bonchev–Trinajstić information content (AvgIpc) is 2.95. The molecule has 19 heavy (non-hydrogen) atoms. The van der Waals surface area contributed by atoms with Gasteiger partial charge in [-0.05, 0) is 49.8 Å². The summed E-state index contributed by atoms with van der Waals surface area (Å²) in [4.78, 5) is 13.6. The van der Waals surface area contributed by atoms with Crippen LogP contribution in [-0.2, 0) is 11.3 Å². The Morgan fingerprint density at radius 2 is 2.16 bits per heavy atom. The van der Waals surface area contributed by atoms with Gasteiger partial charge in [-0.3, -0.25) is 4.79 Å². The molecule has 104 valence electrons. The highest BCUT2D eigenvalue weighted by molar-refractivity contribution is 7.98. The number of nitrogens with one attached hydrogen (secondary N) is 2. The fourth-order valence-corrected chi connectivity index (χ4v) is 2.97. The molecule has 0 unspecified atom stereocenters. The summed E-state index contributed by atoms with van der Waals surface area (Å²) in [6, 6.07) is 8.34. The fraction of sp³-hybridized carbons (Fsp3) is 0.533. The molecule has 0 spiro atoms. The summed E-state index contributed by atoms with van der Waals surface area (Å²) in [6.45, 7) is 3.63. The van der Waals surface area contributed by atoms with E-state index in [-0.39, 0.29) is 11.4 Å². The first-order valence-corrected chi connectivity index (χ1v) is 8.09. The number of carbonyl (C=O) groups excluding carboxylic acids is 1. The summed E-state index contributed by atoms with van der Waals surface area (Å²) < 4.78 is 0. The van der Waals surface area contributed by atoms with Crippen molar-refractivity contribution in [3.63, 3.8) is 0 Å². The largest absolute Gasteiger partial charge is 0.350 e. The molecule has 0 bridgehead atoms. The van der Waals surface area contributed by atoms with Crippen LogP contribution in [0.5, 0.6) is 0 Å². The van der Waals surface area contributed by atoms with Gasteiger partial charge in [-0.2, -0.15) is 0 Å². The van der Waals surface area contributed by atoms with Crippen LogP contribution in [0.2, 0.25) is 0 Å². The second kappa shape index (κ2) is 6.44. The van der Waals surface area contributed by atoms with E-state index >= 15 is 0 Å². The normalized spacial score (nSPS) is 22.4. The van der Waals surface area contributed by atoms with E-state index in [0.29, 0.717) is 6.54 Å². The third-order valence-electron chi connectivity index (χ3n) is 3.89. The quantitative estimate of drug-likeness (QED) is 0.813. The molecule has 1 atom stereocenters. The second-order valence-electron chi connectivity index (χ2n) is 5.00. The lowest BCUT2D eigenvalue weighted by atomic mass is 9.93. The first-order valence-electron chi connectivity index (χ1n) is 6.86. The van der Waals surface area contributed by atoms with Crippen molar-refractivity contribution in [2.75, 3.05) is 12.8 Å². The van der Waals surface area contributed by atoms with Gasteiger partial charge in [-0.1, -0.05) is 19.1 Å². The molecule has 1 saturated heterocycles. The molecule has 1 aromatic rings. The van der Waals surface area contributed by atoms with Gasteiger partial charge in [-0.15, -0.1) is 11.8 Å². The van der Waals surface area contributed by atoms with Crippen molar-refractivity contribution in [2.45, 2.75) is 43.2 Å². The van der Waals surface area contributed by atoms with E-state index in [4.69, 9.17) is 0 Å². The lowest BCUT2D eigenvalue weighted by Crippen LogP contribution is -2.52. The zero-order valence-electron chi connectivity index (χ0n) is 11.7. The van der Waals surface area contributed by atoms with E-state index in [2.05, 4.69) is 48.1 Å². The van der Waals surface area contributed by atoms with Crippen LogP contribution in [0.3, 0.4) is 0 Å². The Bertz CT molecular complexity index is 424. The van der Waals surface area contributed by atoms with Crippen LogP contribution in [0.4, 0.5) is 0 Å². The van der Waals surface area contributed by atoms with Gasteiger partial charge < -0.3 is 10.6 Å². The van der Waals surface area contributed by atoms with Crippen LogP contribution in [0, 0.1) is 0 Å². The van der Waals surface area contributed by atoms with Crippen molar-refractivity contribution in [2.24, 2.45) is 0 Å². The monoisotopic (exact) mass is 278 g/mol. The molecule has 2 N–H and O–H groups in total. The number of benzene rings is 1. The Balaban J connectivity index is 1.92. The molecule has 0 aliphatic carbocycles. The van der Waals surface area contributed by atoms with Gasteiger partial charge in [0.15, 0.2) is 0 Å². The number of rotatable bonds is 5. The van der Waals surface area contributed by atoms with E-state index in [1.54, 1.807) is 11.8 Å². The Morgan fingerprint density at radius 1 is 1.42 bits per heavy atom. The zero-order valence-corrected chi connectivity index (χ0v) is 12.5. The van der Waals surface area contributed by atoms with E-state index in [0.717, 1.165) is 31.4 Å². The number of hydrogen-bond acceptors (Lipinski definition) is 3. The molecule has 1 heterocycles. The molecular formula is C15H22N2OS. The maximum absolute atomic E-state index is 12.3. The highest BCUT2D eigenvalue weighted by Crippen LogP contribution is 2.23. The molecule has 0 saturated carbocycles. The third-order valence-corrected chi connectivity index (χ3v) is 4.64. The highest BCUT2D eigenvalue weighted by atomic mass is 32.2. The first-order chi connectivity index (χ1) is 9.20. The van der Waals surface area contributed by atoms with Crippen molar-refractivity contribution in [3.8, 4) is 0 Å². The minimum atomic E-state index is -0.334. The lowest BCUT2D eigenvalue weighted by Gasteiger charge is -2.26. The first kappa shape index (κ1) is 14.4. The third kappa shape index (κ3) is 3.31. The van der Waals surface area contributed by atoms with Crippen LogP contribution in [-0.4, -0.2) is 24.2 Å². The van der Waals surface area contributed by atoms with Crippen LogP contribution in [0.25, 0.3) is 0 Å². The van der Waals surface area contributed by atoms with E-state index in [9.17, 15) is 4.79 Å². The predicted molar refractivity (Wildman–Crippen MR) is 80.3 cm³/mol. The van der Waals surface area contributed by atoms with Crippen molar-refractivity contribution in [3.05, 3.63) is 29.8 Å². The summed E-state index contributed by atoms with van der Waals surface area (Å²) in [5.74, 6) is 0.140. The number of hydrogen-bond donors (Lipinski definition) is 2. The molecule has 0 radical (unpaired) electrons. The average molecular weight is 278 g/mol. The number of carbonyl (C=O) groups is 1. The minimum absolute atomic E-state index is 0.140. The van der Waals surface area contributed by atoms with Crippen molar-refractivity contribution in [1.82, 2.24) is 10.6 Å². The van der Waals surface area contributed by atoms with Crippen LogP contribution in [0.15, 0.2) is 29.2 Å². The van der Waals surface area contributed by atoms with E-state index in [1.807, 2.05) is 0 Å². The van der Waals surface area contributed by atoms with Crippen LogP contribution >= 0.6 is 11.8 Å². The summed E-state index contributed by atoms with van der Waals surface area (Å²) >= 11 is 1.73. The van der Waals surface area contributed by atoms with Crippen molar-refractivity contribution < 1.29 is 4.79 Å². The Kier molecular flexibility index (Phi) is 4.88. The summed E-state index contributed by atoms with van der Waals surface area (Å²) in [5, 5.41) is 6.42. The predicted octanol–water partition coefficient (Wildman–Crippen LogP) is 2.56. The zero-order chi connectivity index (χ0) is 13.7. The van der Waals surface area contributed by atoms with E-state index < -0.39 is 0 Å². The molecule has 0 aromatic heterocycles.